The van der Waals surface area contributed by atoms with Crippen LogP contribution in [0.4, 0.5) is 0 Å². The van der Waals surface area contributed by atoms with Crippen molar-refractivity contribution < 1.29 is 9.53 Å². The van der Waals surface area contributed by atoms with Crippen molar-refractivity contribution >= 4 is 5.91 Å². The van der Waals surface area contributed by atoms with E-state index in [4.69, 9.17) is 4.74 Å². The Hall–Kier alpha value is -2.40. The molecule has 0 N–H and O–H groups in total. The van der Waals surface area contributed by atoms with Crippen LogP contribution < -0.4 is 0 Å². The van der Waals surface area contributed by atoms with E-state index in [0.717, 1.165) is 29.8 Å². The second kappa shape index (κ2) is 9.18. The van der Waals surface area contributed by atoms with Gasteiger partial charge in [-0.1, -0.05) is 36.4 Å². The van der Waals surface area contributed by atoms with Gasteiger partial charge in [-0.25, -0.2) is 0 Å². The van der Waals surface area contributed by atoms with Gasteiger partial charge in [0.05, 0.1) is 18.0 Å². The molecular formula is C20H27N3O2. The number of aromatic nitrogens is 2. The minimum Gasteiger partial charge on any atom is -0.365 e. The number of ether oxygens (including phenoxy) is 1. The zero-order valence-electron chi connectivity index (χ0n) is 15.3. The van der Waals surface area contributed by atoms with Crippen LogP contribution in [0.2, 0.25) is 0 Å². The SMILES string of the molecule is C=CCOC(C)C(=O)N(C)CCCc1cc(-c2ccccc2)n(C)n1. The van der Waals surface area contributed by atoms with E-state index in [1.54, 1.807) is 17.9 Å². The normalized spacial score (nSPS) is 12.0. The summed E-state index contributed by atoms with van der Waals surface area (Å²) in [5.41, 5.74) is 3.30. The highest BCUT2D eigenvalue weighted by Gasteiger charge is 2.17. The Morgan fingerprint density at radius 3 is 2.80 bits per heavy atom. The maximum Gasteiger partial charge on any atom is 0.251 e. The molecule has 1 aromatic heterocycles. The number of benzene rings is 1. The van der Waals surface area contributed by atoms with E-state index in [9.17, 15) is 4.79 Å². The van der Waals surface area contributed by atoms with E-state index >= 15 is 0 Å². The van der Waals surface area contributed by atoms with Gasteiger partial charge in [-0.15, -0.1) is 6.58 Å². The topological polar surface area (TPSA) is 47.4 Å². The summed E-state index contributed by atoms with van der Waals surface area (Å²) in [6, 6.07) is 12.3. The lowest BCUT2D eigenvalue weighted by Gasteiger charge is -2.21. The molecule has 1 aromatic carbocycles. The van der Waals surface area contributed by atoms with Crippen LogP contribution in [0.1, 0.15) is 19.0 Å². The molecule has 0 aliphatic heterocycles. The molecule has 1 heterocycles. The van der Waals surface area contributed by atoms with Crippen LogP contribution in [0.3, 0.4) is 0 Å². The minimum atomic E-state index is -0.442. The van der Waals surface area contributed by atoms with Crippen LogP contribution in [0, 0.1) is 0 Å². The highest BCUT2D eigenvalue weighted by Crippen LogP contribution is 2.19. The fourth-order valence-corrected chi connectivity index (χ4v) is 2.73. The van der Waals surface area contributed by atoms with Gasteiger partial charge in [0.1, 0.15) is 6.10 Å². The van der Waals surface area contributed by atoms with Crippen molar-refractivity contribution in [1.29, 1.82) is 0 Å². The molecule has 0 saturated heterocycles. The number of amides is 1. The van der Waals surface area contributed by atoms with Gasteiger partial charge in [0, 0.05) is 20.6 Å². The maximum absolute atomic E-state index is 12.2. The van der Waals surface area contributed by atoms with Crippen LogP contribution in [0.5, 0.6) is 0 Å². The summed E-state index contributed by atoms with van der Waals surface area (Å²) in [6.07, 6.45) is 2.90. The largest absolute Gasteiger partial charge is 0.365 e. The average Bonchev–Trinajstić information content (AvgIpc) is 3.00. The fourth-order valence-electron chi connectivity index (χ4n) is 2.73. The van der Waals surface area contributed by atoms with Crippen LogP contribution in [-0.4, -0.2) is 46.9 Å². The molecule has 0 aliphatic rings. The van der Waals surface area contributed by atoms with Crippen LogP contribution in [-0.2, 0) is 23.0 Å². The van der Waals surface area contributed by atoms with Gasteiger partial charge in [0.15, 0.2) is 0 Å². The second-order valence-electron chi connectivity index (χ2n) is 6.14. The third kappa shape index (κ3) is 5.29. The van der Waals surface area contributed by atoms with Crippen molar-refractivity contribution in [3.63, 3.8) is 0 Å². The lowest BCUT2D eigenvalue weighted by molar-refractivity contribution is -0.140. The van der Waals surface area contributed by atoms with E-state index in [1.165, 1.54) is 0 Å². The molecule has 0 saturated carbocycles. The third-order valence-electron chi connectivity index (χ3n) is 4.11. The van der Waals surface area contributed by atoms with E-state index in [-0.39, 0.29) is 5.91 Å². The van der Waals surface area contributed by atoms with Crippen LogP contribution in [0.15, 0.2) is 49.1 Å². The van der Waals surface area contributed by atoms with E-state index in [0.29, 0.717) is 13.2 Å². The van der Waals surface area contributed by atoms with Gasteiger partial charge in [-0.2, -0.15) is 5.10 Å². The van der Waals surface area contributed by atoms with Crippen molar-refractivity contribution in [1.82, 2.24) is 14.7 Å². The molecule has 0 aliphatic carbocycles. The zero-order valence-corrected chi connectivity index (χ0v) is 15.3. The van der Waals surface area contributed by atoms with E-state index in [1.807, 2.05) is 37.0 Å². The predicted molar refractivity (Wildman–Crippen MR) is 100 cm³/mol. The number of carbonyl (C=O) groups excluding carboxylic acids is 1. The Labute approximate surface area is 149 Å². The van der Waals surface area contributed by atoms with Gasteiger partial charge < -0.3 is 9.64 Å². The number of hydrogen-bond donors (Lipinski definition) is 0. The van der Waals surface area contributed by atoms with E-state index in [2.05, 4.69) is 29.9 Å². The van der Waals surface area contributed by atoms with Gasteiger partial charge in [0.25, 0.3) is 5.91 Å². The van der Waals surface area contributed by atoms with Crippen LogP contribution >= 0.6 is 0 Å². The lowest BCUT2D eigenvalue weighted by Crippen LogP contribution is -2.37. The van der Waals surface area contributed by atoms with Crippen molar-refractivity contribution in [2.24, 2.45) is 7.05 Å². The summed E-state index contributed by atoms with van der Waals surface area (Å²) >= 11 is 0. The Morgan fingerprint density at radius 1 is 1.40 bits per heavy atom. The third-order valence-corrected chi connectivity index (χ3v) is 4.11. The number of likely N-dealkylation sites (N-methyl/N-ethyl adjacent to an activating group) is 1. The Morgan fingerprint density at radius 2 is 2.12 bits per heavy atom. The maximum atomic E-state index is 12.2. The predicted octanol–water partition coefficient (Wildman–Crippen LogP) is 3.07. The van der Waals surface area contributed by atoms with Gasteiger partial charge >= 0.3 is 0 Å². The molecule has 1 atom stereocenters. The quantitative estimate of drug-likeness (QED) is 0.659. The van der Waals surface area contributed by atoms with Crippen LogP contribution in [0.25, 0.3) is 11.3 Å². The number of aryl methyl sites for hydroxylation is 2. The second-order valence-corrected chi connectivity index (χ2v) is 6.14. The average molecular weight is 341 g/mol. The van der Waals surface area contributed by atoms with Crippen molar-refractivity contribution in [3.05, 3.63) is 54.7 Å². The Bertz CT molecular complexity index is 694. The smallest absolute Gasteiger partial charge is 0.251 e. The number of carbonyl (C=O) groups is 1. The molecule has 25 heavy (non-hydrogen) atoms. The summed E-state index contributed by atoms with van der Waals surface area (Å²) in [6.45, 7) is 6.43. The first-order valence-electron chi connectivity index (χ1n) is 8.58. The van der Waals surface area contributed by atoms with Crippen molar-refractivity contribution in [2.75, 3.05) is 20.2 Å². The zero-order chi connectivity index (χ0) is 18.2. The molecule has 1 unspecified atom stereocenters. The molecular weight excluding hydrogens is 314 g/mol. The molecule has 0 fully saturated rings. The summed E-state index contributed by atoms with van der Waals surface area (Å²) in [5.74, 6) is -0.00662. The molecule has 2 aromatic rings. The molecule has 0 bridgehead atoms. The van der Waals surface area contributed by atoms with Gasteiger partial charge in [-0.3, -0.25) is 9.48 Å². The Kier molecular flexibility index (Phi) is 6.95. The fraction of sp³-hybridized carbons (Fsp3) is 0.400. The minimum absolute atomic E-state index is 0.00662. The standard InChI is InChI=1S/C20H27N3O2/c1-5-14-25-16(2)20(24)22(3)13-9-12-18-15-19(23(4)21-18)17-10-7-6-8-11-17/h5-8,10-11,15-16H,1,9,12-14H2,2-4H3. The Balaban J connectivity index is 1.86. The molecule has 0 radical (unpaired) electrons. The van der Waals surface area contributed by atoms with Crippen molar-refractivity contribution in [2.45, 2.75) is 25.9 Å². The molecule has 2 rings (SSSR count). The highest BCUT2D eigenvalue weighted by molar-refractivity contribution is 5.80. The summed E-state index contributed by atoms with van der Waals surface area (Å²) in [4.78, 5) is 13.9. The number of nitrogens with zero attached hydrogens (tertiary/aromatic N) is 3. The molecule has 0 spiro atoms. The lowest BCUT2D eigenvalue weighted by atomic mass is 10.1. The van der Waals surface area contributed by atoms with E-state index < -0.39 is 6.10 Å². The van der Waals surface area contributed by atoms with Gasteiger partial charge in [-0.05, 0) is 31.4 Å². The highest BCUT2D eigenvalue weighted by atomic mass is 16.5. The number of hydrogen-bond acceptors (Lipinski definition) is 3. The first kappa shape index (κ1) is 18.9. The first-order valence-corrected chi connectivity index (χ1v) is 8.58. The summed E-state index contributed by atoms with van der Waals surface area (Å²) in [7, 11) is 3.77. The monoisotopic (exact) mass is 341 g/mol. The molecule has 134 valence electrons. The van der Waals surface area contributed by atoms with Gasteiger partial charge in [0.2, 0.25) is 0 Å². The summed E-state index contributed by atoms with van der Waals surface area (Å²) < 4.78 is 7.29. The van der Waals surface area contributed by atoms with Crippen molar-refractivity contribution in [3.8, 4) is 11.3 Å². The first-order chi connectivity index (χ1) is 12.0. The molecule has 1 amide bonds. The molecule has 5 heteroatoms. The molecule has 5 nitrogen and oxygen atoms in total. The number of rotatable bonds is 9. The summed E-state index contributed by atoms with van der Waals surface area (Å²) in [5, 5.41) is 4.58.